The van der Waals surface area contributed by atoms with Gasteiger partial charge in [-0.1, -0.05) is 53.9 Å². The van der Waals surface area contributed by atoms with Gasteiger partial charge in [-0.3, -0.25) is 9.59 Å². The zero-order chi connectivity index (χ0) is 24.4. The van der Waals surface area contributed by atoms with Crippen LogP contribution < -0.4 is 0 Å². The first-order chi connectivity index (χ1) is 16.3. The zero-order valence-corrected chi connectivity index (χ0v) is 21.9. The number of thiophene rings is 1. The number of nitrogens with zero attached hydrogens (tertiary/aromatic N) is 2. The highest BCUT2D eigenvalue weighted by molar-refractivity contribution is 7.10. The highest BCUT2D eigenvalue weighted by atomic mass is 35.5. The van der Waals surface area contributed by atoms with Crippen LogP contribution in [0, 0.1) is 6.92 Å². The van der Waals surface area contributed by atoms with Crippen molar-refractivity contribution in [1.29, 1.82) is 0 Å². The lowest BCUT2D eigenvalue weighted by Gasteiger charge is -2.38. The Bertz CT molecular complexity index is 1190. The van der Waals surface area contributed by atoms with Crippen molar-refractivity contribution >= 4 is 46.4 Å². The number of benzene rings is 2. The average Bonchev–Trinajstić information content (AvgIpc) is 3.31. The molecule has 1 aliphatic heterocycles. The summed E-state index contributed by atoms with van der Waals surface area (Å²) in [5.41, 5.74) is 3.62. The Hall–Kier alpha value is -2.34. The minimum absolute atomic E-state index is 0.0168. The molecule has 2 heterocycles. The summed E-state index contributed by atoms with van der Waals surface area (Å²) in [4.78, 5) is 32.0. The van der Waals surface area contributed by atoms with E-state index >= 15 is 0 Å². The number of fused-ring (bicyclic) bond motifs is 1. The highest BCUT2D eigenvalue weighted by Gasteiger charge is 2.35. The summed E-state index contributed by atoms with van der Waals surface area (Å²) < 4.78 is 0. The van der Waals surface area contributed by atoms with Crippen LogP contribution in [-0.4, -0.2) is 40.7 Å². The number of hydrogen-bond donors (Lipinski definition) is 0. The van der Waals surface area contributed by atoms with E-state index in [1.807, 2.05) is 56.0 Å². The maximum absolute atomic E-state index is 13.8. The van der Waals surface area contributed by atoms with Crippen molar-refractivity contribution in [3.8, 4) is 0 Å². The van der Waals surface area contributed by atoms with Gasteiger partial charge in [0.2, 0.25) is 5.91 Å². The van der Waals surface area contributed by atoms with E-state index in [0.717, 1.165) is 29.5 Å². The summed E-state index contributed by atoms with van der Waals surface area (Å²) in [6, 6.07) is 14.6. The van der Waals surface area contributed by atoms with Crippen LogP contribution in [0.2, 0.25) is 10.0 Å². The first kappa shape index (κ1) is 24.8. The second kappa shape index (κ2) is 10.5. The number of carbonyl (C=O) groups excluding carboxylic acids is 2. The Morgan fingerprint density at radius 1 is 1.12 bits per heavy atom. The normalized spacial score (nSPS) is 16.1. The quantitative estimate of drug-likeness (QED) is 0.363. The van der Waals surface area contributed by atoms with E-state index in [0.29, 0.717) is 22.2 Å². The molecule has 4 nitrogen and oxygen atoms in total. The molecule has 0 aliphatic carbocycles. The molecular weight excluding hydrogens is 487 g/mol. The van der Waals surface area contributed by atoms with Gasteiger partial charge in [0.15, 0.2) is 0 Å². The third-order valence-electron chi connectivity index (χ3n) is 6.53. The van der Waals surface area contributed by atoms with Gasteiger partial charge in [0.1, 0.15) is 6.54 Å². The van der Waals surface area contributed by atoms with Gasteiger partial charge in [0, 0.05) is 33.1 Å². The van der Waals surface area contributed by atoms with Crippen molar-refractivity contribution in [2.24, 2.45) is 0 Å². The lowest BCUT2D eigenvalue weighted by atomic mass is 9.93. The summed E-state index contributed by atoms with van der Waals surface area (Å²) in [5.74, 6) is -0.217. The van der Waals surface area contributed by atoms with Gasteiger partial charge in [-0.05, 0) is 73.5 Å². The van der Waals surface area contributed by atoms with Crippen LogP contribution in [0.1, 0.15) is 58.2 Å². The van der Waals surface area contributed by atoms with Crippen LogP contribution in [-0.2, 0) is 11.2 Å². The van der Waals surface area contributed by atoms with Crippen LogP contribution in [0.5, 0.6) is 0 Å². The fourth-order valence-electron chi connectivity index (χ4n) is 4.39. The van der Waals surface area contributed by atoms with Crippen LogP contribution in [0.4, 0.5) is 0 Å². The van der Waals surface area contributed by atoms with Crippen molar-refractivity contribution < 1.29 is 9.59 Å². The molecule has 2 aromatic carbocycles. The molecule has 178 valence electrons. The summed E-state index contributed by atoms with van der Waals surface area (Å²) >= 11 is 14.5. The van der Waals surface area contributed by atoms with E-state index in [2.05, 4.69) is 11.4 Å². The molecule has 0 bridgehead atoms. The van der Waals surface area contributed by atoms with E-state index in [4.69, 9.17) is 23.2 Å². The maximum Gasteiger partial charge on any atom is 0.254 e. The standard InChI is InChI=1S/C27H28Cl2N2O2S/c1-4-18(3)31(27(33)19-7-5-17(2)6-8-19)16-25(32)30-13-11-24-22(12-14-34-24)26(30)21-10-9-20(28)15-23(21)29/h5-10,12,14-15,18,26H,4,11,13,16H2,1-3H3. The number of amides is 2. The van der Waals surface area contributed by atoms with E-state index in [1.54, 1.807) is 28.4 Å². The molecule has 0 radical (unpaired) electrons. The summed E-state index contributed by atoms with van der Waals surface area (Å²) in [6.45, 7) is 6.59. The minimum atomic E-state index is -0.305. The predicted octanol–water partition coefficient (Wildman–Crippen LogP) is 6.78. The first-order valence-corrected chi connectivity index (χ1v) is 13.1. The number of hydrogen-bond acceptors (Lipinski definition) is 3. The van der Waals surface area contributed by atoms with E-state index in [-0.39, 0.29) is 30.4 Å². The number of carbonyl (C=O) groups is 2. The molecular formula is C27H28Cl2N2O2S. The Labute approximate surface area is 215 Å². The Morgan fingerprint density at radius 2 is 1.85 bits per heavy atom. The number of halogens is 2. The average molecular weight is 516 g/mol. The third-order valence-corrected chi connectivity index (χ3v) is 8.09. The van der Waals surface area contributed by atoms with Gasteiger partial charge in [-0.2, -0.15) is 0 Å². The van der Waals surface area contributed by atoms with Crippen molar-refractivity contribution in [2.75, 3.05) is 13.1 Å². The van der Waals surface area contributed by atoms with E-state index in [9.17, 15) is 9.59 Å². The summed E-state index contributed by atoms with van der Waals surface area (Å²) in [6.07, 6.45) is 1.54. The molecule has 2 atom stereocenters. The largest absolute Gasteiger partial charge is 0.330 e. The van der Waals surface area contributed by atoms with Crippen molar-refractivity contribution in [1.82, 2.24) is 9.80 Å². The molecule has 4 rings (SSSR count). The second-order valence-corrected chi connectivity index (χ2v) is 10.6. The van der Waals surface area contributed by atoms with Gasteiger partial charge >= 0.3 is 0 Å². The fourth-order valence-corrected chi connectivity index (χ4v) is 5.81. The Balaban J connectivity index is 1.66. The van der Waals surface area contributed by atoms with Gasteiger partial charge in [-0.25, -0.2) is 0 Å². The molecule has 3 aromatic rings. The van der Waals surface area contributed by atoms with Crippen LogP contribution in [0.3, 0.4) is 0 Å². The predicted molar refractivity (Wildman–Crippen MR) is 140 cm³/mol. The number of rotatable bonds is 6. The first-order valence-electron chi connectivity index (χ1n) is 11.5. The zero-order valence-electron chi connectivity index (χ0n) is 19.6. The third kappa shape index (κ3) is 5.02. The molecule has 2 unspecified atom stereocenters. The fraction of sp³-hybridized carbons (Fsp3) is 0.333. The molecule has 1 aliphatic rings. The molecule has 34 heavy (non-hydrogen) atoms. The smallest absolute Gasteiger partial charge is 0.254 e. The van der Waals surface area contributed by atoms with Gasteiger partial charge in [0.05, 0.1) is 6.04 Å². The molecule has 0 spiro atoms. The molecule has 0 saturated heterocycles. The monoisotopic (exact) mass is 514 g/mol. The molecule has 0 fully saturated rings. The maximum atomic E-state index is 13.8. The topological polar surface area (TPSA) is 40.6 Å². The van der Waals surface area contributed by atoms with Crippen molar-refractivity contribution in [2.45, 2.75) is 45.7 Å². The molecule has 0 saturated carbocycles. The SMILES string of the molecule is CCC(C)N(CC(=O)N1CCc2sccc2C1c1ccc(Cl)cc1Cl)C(=O)c1ccc(C)cc1. The Kier molecular flexibility index (Phi) is 7.66. The van der Waals surface area contributed by atoms with Crippen LogP contribution in [0.15, 0.2) is 53.9 Å². The second-order valence-electron chi connectivity index (χ2n) is 8.76. The molecule has 7 heteroatoms. The van der Waals surface area contributed by atoms with Gasteiger partial charge in [-0.15, -0.1) is 11.3 Å². The molecule has 1 aromatic heterocycles. The molecule has 2 amide bonds. The van der Waals surface area contributed by atoms with Crippen LogP contribution in [0.25, 0.3) is 0 Å². The van der Waals surface area contributed by atoms with Crippen LogP contribution >= 0.6 is 34.5 Å². The highest BCUT2D eigenvalue weighted by Crippen LogP contribution is 2.41. The Morgan fingerprint density at radius 3 is 2.53 bits per heavy atom. The van der Waals surface area contributed by atoms with Gasteiger partial charge in [0.25, 0.3) is 5.91 Å². The minimum Gasteiger partial charge on any atom is -0.330 e. The van der Waals surface area contributed by atoms with Crippen molar-refractivity contribution in [3.63, 3.8) is 0 Å². The van der Waals surface area contributed by atoms with Crippen molar-refractivity contribution in [3.05, 3.63) is 91.1 Å². The number of aryl methyl sites for hydroxylation is 1. The molecule has 0 N–H and O–H groups in total. The summed E-state index contributed by atoms with van der Waals surface area (Å²) in [7, 11) is 0. The lowest BCUT2D eigenvalue weighted by molar-refractivity contribution is -0.134. The van der Waals surface area contributed by atoms with E-state index in [1.165, 1.54) is 4.88 Å². The van der Waals surface area contributed by atoms with Gasteiger partial charge < -0.3 is 9.80 Å². The van der Waals surface area contributed by atoms with E-state index < -0.39 is 0 Å². The summed E-state index contributed by atoms with van der Waals surface area (Å²) in [5, 5.41) is 3.14. The lowest BCUT2D eigenvalue weighted by Crippen LogP contribution is -2.49.